The summed E-state index contributed by atoms with van der Waals surface area (Å²) in [6.07, 6.45) is 4.47. The van der Waals surface area contributed by atoms with Gasteiger partial charge in [-0.15, -0.1) is 0 Å². The lowest BCUT2D eigenvalue weighted by molar-refractivity contribution is 0.1000. The minimum Gasteiger partial charge on any atom is -0.382 e. The third-order valence-electron chi connectivity index (χ3n) is 4.75. The van der Waals surface area contributed by atoms with E-state index in [-0.39, 0.29) is 13.0 Å². The molecule has 1 saturated heterocycles. The van der Waals surface area contributed by atoms with Gasteiger partial charge in [-0.1, -0.05) is 7.43 Å². The van der Waals surface area contributed by atoms with Crippen molar-refractivity contribution >= 4 is 28.4 Å². The Labute approximate surface area is 157 Å². The molecule has 2 aromatic rings. The lowest BCUT2D eigenvalue weighted by Gasteiger charge is -2.21. The Balaban J connectivity index is 0.00000196. The number of hydrogen-bond acceptors (Lipinski definition) is 5. The van der Waals surface area contributed by atoms with Crippen molar-refractivity contribution in [2.75, 3.05) is 25.1 Å². The molecule has 26 heavy (non-hydrogen) atoms. The summed E-state index contributed by atoms with van der Waals surface area (Å²) < 4.78 is 19.6. The maximum atomic E-state index is 14.2. The molecule has 2 fully saturated rings. The molecule has 0 spiro atoms. The molecule has 0 atom stereocenters. The summed E-state index contributed by atoms with van der Waals surface area (Å²) in [5, 5.41) is 3.98. The zero-order chi connectivity index (χ0) is 17.2. The second-order valence-electron chi connectivity index (χ2n) is 6.81. The van der Waals surface area contributed by atoms with E-state index in [0.29, 0.717) is 39.3 Å². The monoisotopic (exact) mass is 379 g/mol. The van der Waals surface area contributed by atoms with Gasteiger partial charge >= 0.3 is 0 Å². The zero-order valence-corrected chi connectivity index (χ0v) is 14.8. The molecule has 0 unspecified atom stereocenters. The molecule has 0 amide bonds. The van der Waals surface area contributed by atoms with Crippen LogP contribution in [-0.4, -0.2) is 35.0 Å². The van der Waals surface area contributed by atoms with Crippen LogP contribution in [0.5, 0.6) is 0 Å². The molecule has 2 N–H and O–H groups in total. The van der Waals surface area contributed by atoms with Gasteiger partial charge < -0.3 is 15.0 Å². The van der Waals surface area contributed by atoms with Gasteiger partial charge in [-0.25, -0.2) is 9.37 Å². The number of thioether (sulfide) groups is 1. The van der Waals surface area contributed by atoms with E-state index in [1.165, 1.54) is 18.9 Å². The Morgan fingerprint density at radius 1 is 1.27 bits per heavy atom. The van der Waals surface area contributed by atoms with Gasteiger partial charge in [0.05, 0.1) is 22.3 Å². The van der Waals surface area contributed by atoms with Crippen LogP contribution in [0.1, 0.15) is 38.9 Å². The Bertz CT molecular complexity index is 816. The first-order valence-corrected chi connectivity index (χ1v) is 9.89. The summed E-state index contributed by atoms with van der Waals surface area (Å²) in [5.41, 5.74) is 0.701. The summed E-state index contributed by atoms with van der Waals surface area (Å²) in [6, 6.07) is 2.94. The van der Waals surface area contributed by atoms with Crippen molar-refractivity contribution in [2.24, 2.45) is 5.92 Å². The van der Waals surface area contributed by atoms with Crippen molar-refractivity contribution in [3.05, 3.63) is 34.1 Å². The van der Waals surface area contributed by atoms with Crippen LogP contribution in [0.4, 0.5) is 10.1 Å². The molecule has 2 aliphatic rings. The standard InChI is InChI=1S/C18H22FN3O2S.CH4/c19-14-7-13-15(8-16(14)20-9-11-1-2-11)21-17(22-18(13)23)10-25-12-3-5-24-6-4-12;/h7-8,11-12,20H,1-6,9-10H2,(H,21,22,23);1H4. The van der Waals surface area contributed by atoms with Crippen molar-refractivity contribution in [2.45, 2.75) is 44.1 Å². The molecule has 0 bridgehead atoms. The van der Waals surface area contributed by atoms with E-state index in [9.17, 15) is 9.18 Å². The fraction of sp³-hybridized carbons (Fsp3) is 0.579. The number of benzene rings is 1. The Kier molecular flexibility index (Phi) is 6.19. The minimum absolute atomic E-state index is 0. The second-order valence-corrected chi connectivity index (χ2v) is 8.10. The lowest BCUT2D eigenvalue weighted by atomic mass is 10.2. The van der Waals surface area contributed by atoms with Gasteiger partial charge in [0.2, 0.25) is 0 Å². The normalized spacial score (nSPS) is 17.9. The average molecular weight is 380 g/mol. The van der Waals surface area contributed by atoms with Gasteiger partial charge in [0.1, 0.15) is 11.6 Å². The number of H-pyrrole nitrogens is 1. The van der Waals surface area contributed by atoms with Crippen molar-refractivity contribution < 1.29 is 9.13 Å². The van der Waals surface area contributed by atoms with Crippen molar-refractivity contribution in [3.63, 3.8) is 0 Å². The quantitative estimate of drug-likeness (QED) is 0.796. The smallest absolute Gasteiger partial charge is 0.258 e. The number of hydrogen-bond donors (Lipinski definition) is 2. The van der Waals surface area contributed by atoms with Crippen LogP contribution in [0.3, 0.4) is 0 Å². The van der Waals surface area contributed by atoms with Gasteiger partial charge in [-0.2, -0.15) is 11.8 Å². The van der Waals surface area contributed by atoms with Crippen molar-refractivity contribution in [1.29, 1.82) is 0 Å². The van der Waals surface area contributed by atoms with Crippen LogP contribution in [0.2, 0.25) is 0 Å². The maximum Gasteiger partial charge on any atom is 0.258 e. The number of ether oxygens (including phenoxy) is 1. The molecular weight excluding hydrogens is 353 g/mol. The summed E-state index contributed by atoms with van der Waals surface area (Å²) >= 11 is 1.80. The minimum atomic E-state index is -0.398. The van der Waals surface area contributed by atoms with E-state index in [0.717, 1.165) is 32.6 Å². The number of anilines is 1. The number of aromatic nitrogens is 2. The summed E-state index contributed by atoms with van der Waals surface area (Å²) in [6.45, 7) is 2.38. The molecule has 2 heterocycles. The predicted octanol–water partition coefficient (Wildman–Crippen LogP) is 3.93. The number of nitrogens with zero attached hydrogens (tertiary/aromatic N) is 1. The molecule has 1 aliphatic heterocycles. The molecule has 0 radical (unpaired) electrons. The summed E-state index contributed by atoms with van der Waals surface area (Å²) in [5.74, 6) is 1.55. The van der Waals surface area contributed by atoms with E-state index in [2.05, 4.69) is 15.3 Å². The molecule has 142 valence electrons. The molecular formula is C19H26FN3O2S. The van der Waals surface area contributed by atoms with Gasteiger partial charge in [0.25, 0.3) is 5.56 Å². The maximum absolute atomic E-state index is 14.2. The van der Waals surface area contributed by atoms with E-state index >= 15 is 0 Å². The van der Waals surface area contributed by atoms with E-state index in [4.69, 9.17) is 4.74 Å². The van der Waals surface area contributed by atoms with Crippen molar-refractivity contribution in [1.82, 2.24) is 9.97 Å². The molecule has 1 aliphatic carbocycles. The SMILES string of the molecule is C.O=c1[nH]c(CSC2CCOCC2)nc2cc(NCC3CC3)c(F)cc12. The largest absolute Gasteiger partial charge is 0.382 e. The highest BCUT2D eigenvalue weighted by atomic mass is 32.2. The number of fused-ring (bicyclic) bond motifs is 1. The molecule has 5 nitrogen and oxygen atoms in total. The zero-order valence-electron chi connectivity index (χ0n) is 14.0. The van der Waals surface area contributed by atoms with Crippen molar-refractivity contribution in [3.8, 4) is 0 Å². The fourth-order valence-corrected chi connectivity index (χ4v) is 4.08. The molecule has 1 aromatic carbocycles. The number of nitrogens with one attached hydrogen (secondary N) is 2. The highest BCUT2D eigenvalue weighted by Gasteiger charge is 2.21. The van der Waals surface area contributed by atoms with E-state index < -0.39 is 5.82 Å². The Morgan fingerprint density at radius 3 is 2.77 bits per heavy atom. The first-order chi connectivity index (χ1) is 12.2. The van der Waals surface area contributed by atoms with Crippen LogP contribution in [-0.2, 0) is 10.5 Å². The van der Waals surface area contributed by atoms with Crippen LogP contribution < -0.4 is 10.9 Å². The second kappa shape index (κ2) is 8.39. The summed E-state index contributed by atoms with van der Waals surface area (Å²) in [7, 11) is 0. The van der Waals surface area contributed by atoms with E-state index in [1.54, 1.807) is 17.8 Å². The molecule has 1 saturated carbocycles. The van der Waals surface area contributed by atoms with Crippen LogP contribution >= 0.6 is 11.8 Å². The van der Waals surface area contributed by atoms with Crippen LogP contribution in [0.25, 0.3) is 10.9 Å². The number of rotatable bonds is 6. The number of aromatic amines is 1. The Morgan fingerprint density at radius 2 is 2.04 bits per heavy atom. The highest BCUT2D eigenvalue weighted by molar-refractivity contribution is 7.99. The third kappa shape index (κ3) is 4.57. The number of halogens is 1. The highest BCUT2D eigenvalue weighted by Crippen LogP contribution is 2.30. The molecule has 1 aromatic heterocycles. The topological polar surface area (TPSA) is 67.0 Å². The van der Waals surface area contributed by atoms with Gasteiger partial charge in [0, 0.05) is 25.0 Å². The summed E-state index contributed by atoms with van der Waals surface area (Å²) in [4.78, 5) is 19.6. The molecule has 4 rings (SSSR count). The predicted molar refractivity (Wildman–Crippen MR) is 105 cm³/mol. The Hall–Kier alpha value is -1.60. The van der Waals surface area contributed by atoms with Crippen LogP contribution in [0.15, 0.2) is 16.9 Å². The fourth-order valence-electron chi connectivity index (χ4n) is 3.03. The van der Waals surface area contributed by atoms with Gasteiger partial charge in [-0.3, -0.25) is 4.79 Å². The van der Waals surface area contributed by atoms with Gasteiger partial charge in [-0.05, 0) is 43.7 Å². The first-order valence-electron chi connectivity index (χ1n) is 8.85. The van der Waals surface area contributed by atoms with Crippen LogP contribution in [0, 0.1) is 11.7 Å². The van der Waals surface area contributed by atoms with Gasteiger partial charge in [0.15, 0.2) is 0 Å². The molecule has 7 heteroatoms. The van der Waals surface area contributed by atoms with E-state index in [1.807, 2.05) is 0 Å². The first kappa shape index (κ1) is 19.2. The lowest BCUT2D eigenvalue weighted by Crippen LogP contribution is -2.18. The third-order valence-corrected chi connectivity index (χ3v) is 6.13. The average Bonchev–Trinajstić information content (AvgIpc) is 3.44.